The van der Waals surface area contributed by atoms with Crippen LogP contribution in [0.4, 0.5) is 0 Å². The molecule has 0 radical (unpaired) electrons. The molecular formula is C23H22N2O4. The molecule has 148 valence electrons. The zero-order valence-corrected chi connectivity index (χ0v) is 15.9. The van der Waals surface area contributed by atoms with Crippen LogP contribution in [0.5, 0.6) is 0 Å². The standard InChI is InChI=1S/C23H22N2O4/c26-22(25-13-15-28-16-14-25)21(18-7-2-1-3-8-18)29-23(27)19-9-6-10-20(17-19)24-11-4-5-12-24/h1-12,17,21H,13-16H2. The van der Waals surface area contributed by atoms with E-state index in [1.807, 2.05) is 53.4 Å². The maximum absolute atomic E-state index is 13.1. The van der Waals surface area contributed by atoms with E-state index in [4.69, 9.17) is 9.47 Å². The molecule has 1 aliphatic heterocycles. The number of carbonyl (C=O) groups is 2. The number of esters is 1. The minimum atomic E-state index is -0.989. The van der Waals surface area contributed by atoms with Crippen LogP contribution in [0.3, 0.4) is 0 Å². The van der Waals surface area contributed by atoms with Crippen LogP contribution >= 0.6 is 0 Å². The van der Waals surface area contributed by atoms with Crippen LogP contribution in [0.25, 0.3) is 5.69 Å². The summed E-state index contributed by atoms with van der Waals surface area (Å²) in [6.45, 7) is 1.95. The number of nitrogens with zero attached hydrogens (tertiary/aromatic N) is 2. The topological polar surface area (TPSA) is 60.8 Å². The summed E-state index contributed by atoms with van der Waals surface area (Å²) in [5.74, 6) is -0.760. The Hall–Kier alpha value is -3.38. The summed E-state index contributed by atoms with van der Waals surface area (Å²) in [7, 11) is 0. The van der Waals surface area contributed by atoms with Gasteiger partial charge < -0.3 is 18.9 Å². The highest BCUT2D eigenvalue weighted by atomic mass is 16.5. The summed E-state index contributed by atoms with van der Waals surface area (Å²) in [6, 6.07) is 20.1. The molecule has 1 amide bonds. The molecule has 1 saturated heterocycles. The molecule has 1 aromatic heterocycles. The Morgan fingerprint density at radius 1 is 0.897 bits per heavy atom. The van der Waals surface area contributed by atoms with E-state index >= 15 is 0 Å². The lowest BCUT2D eigenvalue weighted by Crippen LogP contribution is -2.44. The van der Waals surface area contributed by atoms with Gasteiger partial charge in [0.2, 0.25) is 6.10 Å². The van der Waals surface area contributed by atoms with E-state index < -0.39 is 12.1 Å². The van der Waals surface area contributed by atoms with Gasteiger partial charge in [0, 0.05) is 36.7 Å². The first-order valence-corrected chi connectivity index (χ1v) is 9.58. The summed E-state index contributed by atoms with van der Waals surface area (Å²) in [4.78, 5) is 27.7. The summed E-state index contributed by atoms with van der Waals surface area (Å²) < 4.78 is 13.0. The third-order valence-electron chi connectivity index (χ3n) is 4.86. The number of aromatic nitrogens is 1. The number of carbonyl (C=O) groups excluding carboxylic acids is 2. The number of hydrogen-bond donors (Lipinski definition) is 0. The fourth-order valence-corrected chi connectivity index (χ4v) is 3.31. The normalized spacial score (nSPS) is 15.0. The van der Waals surface area contributed by atoms with Gasteiger partial charge in [-0.05, 0) is 30.3 Å². The first-order chi connectivity index (χ1) is 14.2. The SMILES string of the molecule is O=C(OC(C(=O)N1CCOCC1)c1ccccc1)c1cccc(-n2cccc2)c1. The highest BCUT2D eigenvalue weighted by Crippen LogP contribution is 2.23. The van der Waals surface area contributed by atoms with E-state index in [9.17, 15) is 9.59 Å². The number of ether oxygens (including phenoxy) is 2. The molecule has 0 aliphatic carbocycles. The van der Waals surface area contributed by atoms with Crippen LogP contribution in [-0.4, -0.2) is 47.6 Å². The van der Waals surface area contributed by atoms with Gasteiger partial charge in [-0.1, -0.05) is 36.4 Å². The smallest absolute Gasteiger partial charge is 0.339 e. The Labute approximate surface area is 169 Å². The molecule has 2 heterocycles. The quantitative estimate of drug-likeness (QED) is 0.628. The van der Waals surface area contributed by atoms with Crippen molar-refractivity contribution in [3.05, 3.63) is 90.3 Å². The molecule has 0 saturated carbocycles. The van der Waals surface area contributed by atoms with Crippen molar-refractivity contribution in [3.8, 4) is 5.69 Å². The summed E-state index contributed by atoms with van der Waals surface area (Å²) in [5.41, 5.74) is 1.89. The van der Waals surface area contributed by atoms with Crippen LogP contribution in [0, 0.1) is 0 Å². The maximum Gasteiger partial charge on any atom is 0.339 e. The van der Waals surface area contributed by atoms with Crippen LogP contribution in [0.1, 0.15) is 22.0 Å². The molecule has 29 heavy (non-hydrogen) atoms. The first kappa shape index (κ1) is 19.0. The van der Waals surface area contributed by atoms with Crippen molar-refractivity contribution in [3.63, 3.8) is 0 Å². The van der Waals surface area contributed by atoms with E-state index in [1.165, 1.54) is 0 Å². The highest BCUT2D eigenvalue weighted by Gasteiger charge is 2.30. The largest absolute Gasteiger partial charge is 0.444 e. The molecule has 1 atom stereocenters. The van der Waals surface area contributed by atoms with Crippen LogP contribution < -0.4 is 0 Å². The summed E-state index contributed by atoms with van der Waals surface area (Å²) in [6.07, 6.45) is 2.82. The average Bonchev–Trinajstić information content (AvgIpc) is 3.33. The molecule has 6 heteroatoms. The molecule has 1 aliphatic rings. The molecule has 0 spiro atoms. The second-order valence-corrected chi connectivity index (χ2v) is 6.77. The van der Waals surface area contributed by atoms with Gasteiger partial charge in [-0.3, -0.25) is 4.79 Å². The number of rotatable bonds is 5. The van der Waals surface area contributed by atoms with Gasteiger partial charge in [-0.25, -0.2) is 4.79 Å². The van der Waals surface area contributed by atoms with Crippen molar-refractivity contribution in [2.45, 2.75) is 6.10 Å². The minimum Gasteiger partial charge on any atom is -0.444 e. The fourth-order valence-electron chi connectivity index (χ4n) is 3.31. The van der Waals surface area contributed by atoms with E-state index in [-0.39, 0.29) is 5.91 Å². The van der Waals surface area contributed by atoms with Gasteiger partial charge in [-0.15, -0.1) is 0 Å². The van der Waals surface area contributed by atoms with Crippen molar-refractivity contribution < 1.29 is 19.1 Å². The number of benzene rings is 2. The molecule has 1 unspecified atom stereocenters. The molecule has 6 nitrogen and oxygen atoms in total. The maximum atomic E-state index is 13.1. The van der Waals surface area contributed by atoms with Crippen molar-refractivity contribution in [1.82, 2.24) is 9.47 Å². The van der Waals surface area contributed by atoms with Gasteiger partial charge in [0.25, 0.3) is 5.91 Å². The van der Waals surface area contributed by atoms with Crippen LogP contribution in [0.15, 0.2) is 79.1 Å². The number of morpholine rings is 1. The lowest BCUT2D eigenvalue weighted by atomic mass is 10.1. The van der Waals surface area contributed by atoms with E-state index in [1.54, 1.807) is 35.2 Å². The highest BCUT2D eigenvalue weighted by molar-refractivity contribution is 5.93. The van der Waals surface area contributed by atoms with E-state index in [0.717, 1.165) is 5.69 Å². The Morgan fingerprint density at radius 3 is 2.34 bits per heavy atom. The minimum absolute atomic E-state index is 0.227. The monoisotopic (exact) mass is 390 g/mol. The molecule has 3 aromatic rings. The van der Waals surface area contributed by atoms with Gasteiger partial charge in [0.15, 0.2) is 0 Å². The van der Waals surface area contributed by atoms with E-state index in [0.29, 0.717) is 37.4 Å². The molecule has 1 fully saturated rings. The Kier molecular flexibility index (Phi) is 5.72. The van der Waals surface area contributed by atoms with E-state index in [2.05, 4.69) is 0 Å². The van der Waals surface area contributed by atoms with Crippen molar-refractivity contribution in [2.75, 3.05) is 26.3 Å². The van der Waals surface area contributed by atoms with Crippen molar-refractivity contribution in [2.24, 2.45) is 0 Å². The molecule has 2 aromatic carbocycles. The molecular weight excluding hydrogens is 368 g/mol. The number of amides is 1. The molecule has 0 N–H and O–H groups in total. The van der Waals surface area contributed by atoms with Gasteiger partial charge in [0.1, 0.15) is 0 Å². The van der Waals surface area contributed by atoms with Crippen LogP contribution in [-0.2, 0) is 14.3 Å². The second kappa shape index (κ2) is 8.75. The lowest BCUT2D eigenvalue weighted by Gasteiger charge is -2.30. The Balaban J connectivity index is 1.58. The first-order valence-electron chi connectivity index (χ1n) is 9.58. The fraction of sp³-hybridized carbons (Fsp3) is 0.217. The zero-order chi connectivity index (χ0) is 20.1. The zero-order valence-electron chi connectivity index (χ0n) is 15.9. The van der Waals surface area contributed by atoms with Crippen molar-refractivity contribution in [1.29, 1.82) is 0 Å². The lowest BCUT2D eigenvalue weighted by molar-refractivity contribution is -0.145. The van der Waals surface area contributed by atoms with Gasteiger partial charge in [0.05, 0.1) is 18.8 Å². The average molecular weight is 390 g/mol. The van der Waals surface area contributed by atoms with Crippen LogP contribution in [0.2, 0.25) is 0 Å². The molecule has 0 bridgehead atoms. The number of hydrogen-bond acceptors (Lipinski definition) is 4. The third kappa shape index (κ3) is 4.38. The van der Waals surface area contributed by atoms with Gasteiger partial charge in [-0.2, -0.15) is 0 Å². The van der Waals surface area contributed by atoms with Crippen molar-refractivity contribution >= 4 is 11.9 Å². The second-order valence-electron chi connectivity index (χ2n) is 6.77. The Bertz CT molecular complexity index is 964. The summed E-state index contributed by atoms with van der Waals surface area (Å²) in [5, 5.41) is 0. The predicted molar refractivity (Wildman–Crippen MR) is 108 cm³/mol. The third-order valence-corrected chi connectivity index (χ3v) is 4.86. The Morgan fingerprint density at radius 2 is 1.62 bits per heavy atom. The predicted octanol–water partition coefficient (Wildman–Crippen LogP) is 3.23. The summed E-state index contributed by atoms with van der Waals surface area (Å²) >= 11 is 0. The molecule has 4 rings (SSSR count). The van der Waals surface area contributed by atoms with Gasteiger partial charge >= 0.3 is 5.97 Å².